The van der Waals surface area contributed by atoms with Crippen molar-refractivity contribution >= 4 is 34.2 Å². The molecule has 3 aliphatic heterocycles. The molecule has 5 aromatic heterocycles. The fourth-order valence-corrected chi connectivity index (χ4v) is 9.20. The predicted molar refractivity (Wildman–Crippen MR) is 236 cm³/mol. The van der Waals surface area contributed by atoms with Crippen molar-refractivity contribution in [1.82, 2.24) is 55.0 Å². The Kier molecular flexibility index (Phi) is 12.9. The average molecular weight is 908 g/mol. The van der Waals surface area contributed by atoms with E-state index in [0.717, 1.165) is 87.9 Å². The number of anilines is 2. The van der Waals surface area contributed by atoms with E-state index >= 15 is 0 Å². The maximum atomic E-state index is 14.5. The number of aryl methyl sites for hydroxylation is 1. The Hall–Kier alpha value is -6.93. The fourth-order valence-electron chi connectivity index (χ4n) is 9.20. The first-order chi connectivity index (χ1) is 32.0. The highest BCUT2D eigenvalue weighted by Crippen LogP contribution is 2.39. The predicted octanol–water partition coefficient (Wildman–Crippen LogP) is 5.55. The molecule has 20 heteroatoms. The number of rotatable bonds is 11. The van der Waals surface area contributed by atoms with Crippen LogP contribution in [0.25, 0.3) is 11.0 Å². The Morgan fingerprint density at radius 2 is 1.23 bits per heavy atom. The number of hydrogen-bond donors (Lipinski definition) is 3. The van der Waals surface area contributed by atoms with Crippen molar-refractivity contribution in [1.29, 1.82) is 0 Å². The van der Waals surface area contributed by atoms with Crippen molar-refractivity contribution in [3.63, 3.8) is 0 Å². The van der Waals surface area contributed by atoms with Gasteiger partial charge >= 0.3 is 0 Å². The van der Waals surface area contributed by atoms with Gasteiger partial charge in [-0.15, -0.1) is 5.10 Å². The van der Waals surface area contributed by atoms with Gasteiger partial charge < -0.3 is 30.4 Å². The van der Waals surface area contributed by atoms with Gasteiger partial charge in [-0.05, 0) is 110 Å². The summed E-state index contributed by atoms with van der Waals surface area (Å²) in [5, 5.41) is 35.1. The molecule has 2 aromatic carbocycles. The third kappa shape index (κ3) is 9.41. The molecular formula is C46H49F4N13O3. The lowest BCUT2D eigenvalue weighted by Crippen LogP contribution is -2.40. The van der Waals surface area contributed by atoms with Crippen LogP contribution in [0.3, 0.4) is 0 Å². The minimum atomic E-state index is -0.462. The molecule has 2 amide bonds. The third-order valence-electron chi connectivity index (χ3n) is 12.7. The Bertz CT molecular complexity index is 2860. The summed E-state index contributed by atoms with van der Waals surface area (Å²) >= 11 is 0. The van der Waals surface area contributed by atoms with Gasteiger partial charge in [0.2, 0.25) is 0 Å². The molecule has 0 unspecified atom stereocenters. The molecular weight excluding hydrogens is 859 g/mol. The maximum absolute atomic E-state index is 14.5. The van der Waals surface area contributed by atoms with Gasteiger partial charge in [-0.3, -0.25) is 9.59 Å². The highest BCUT2D eigenvalue weighted by molar-refractivity contribution is 6.01. The van der Waals surface area contributed by atoms with Crippen LogP contribution in [0.15, 0.2) is 85.5 Å². The van der Waals surface area contributed by atoms with Gasteiger partial charge in [-0.25, -0.2) is 31.3 Å². The monoisotopic (exact) mass is 907 g/mol. The van der Waals surface area contributed by atoms with Gasteiger partial charge in [0.05, 0.1) is 59.3 Å². The summed E-state index contributed by atoms with van der Waals surface area (Å²) in [5.74, 6) is -1.73. The molecule has 3 fully saturated rings. The molecule has 3 aliphatic rings. The number of nitrogens with zero attached hydrogens (tertiary/aromatic N) is 11. The quantitative estimate of drug-likeness (QED) is 0.140. The number of aliphatic hydroxyl groups is 1. The van der Waals surface area contributed by atoms with Gasteiger partial charge in [0.25, 0.3) is 11.8 Å². The first-order valence-corrected chi connectivity index (χ1v) is 22.1. The standard InChI is InChI=1S/C25H29F2N5O2.C21H20F2N8O/c26-17-3-4-22(27)20(14-17)23-2-1-9-31(23)18-5-12-32-24(15-18)21(16-29-32)25(34)28-8-13-30-10-6-19(33)7-11-30;1-29-20(26-27-28-29)12-24-21(32)16-11-25-31-8-6-14(10-19(16)31)30-7-2-3-18(30)15-9-13(22)4-5-17(15)23/h3-5,12,14-16,19,23,33H,1-2,6-11,13H2,(H,28,34);4-6,8-11,18H,2-3,7,12H2,1H3,(H,24,32)/t23-;18-/m11/s1. The van der Waals surface area contributed by atoms with Gasteiger partial charge in [0.1, 0.15) is 23.3 Å². The molecule has 0 aliphatic carbocycles. The zero-order chi connectivity index (χ0) is 45.9. The highest BCUT2D eigenvalue weighted by atomic mass is 19.1. The maximum Gasteiger partial charge on any atom is 0.255 e. The molecule has 8 heterocycles. The van der Waals surface area contributed by atoms with E-state index in [1.807, 2.05) is 29.2 Å². The molecule has 10 rings (SSSR count). The number of piperidine rings is 1. The molecule has 16 nitrogen and oxygen atoms in total. The van der Waals surface area contributed by atoms with Crippen LogP contribution in [-0.2, 0) is 13.6 Å². The number of fused-ring (bicyclic) bond motifs is 2. The molecule has 3 N–H and O–H groups in total. The largest absolute Gasteiger partial charge is 0.393 e. The number of aliphatic hydroxyl groups excluding tert-OH is 1. The van der Waals surface area contributed by atoms with Crippen LogP contribution < -0.4 is 20.4 Å². The summed E-state index contributed by atoms with van der Waals surface area (Å²) < 4.78 is 61.3. The first-order valence-electron chi connectivity index (χ1n) is 22.1. The number of halogens is 4. The smallest absolute Gasteiger partial charge is 0.255 e. The lowest BCUT2D eigenvalue weighted by molar-refractivity contribution is 0.0805. The Balaban J connectivity index is 0.000000166. The van der Waals surface area contributed by atoms with Crippen molar-refractivity contribution in [2.24, 2.45) is 7.05 Å². The fraction of sp³-hybridized carbons (Fsp3) is 0.370. The van der Waals surface area contributed by atoms with Crippen LogP contribution in [0.2, 0.25) is 0 Å². The topological polar surface area (TPSA) is 166 Å². The van der Waals surface area contributed by atoms with E-state index in [4.69, 9.17) is 0 Å². The second-order valence-electron chi connectivity index (χ2n) is 16.8. The van der Waals surface area contributed by atoms with E-state index in [9.17, 15) is 32.3 Å². The van der Waals surface area contributed by atoms with Gasteiger partial charge in [-0.2, -0.15) is 10.2 Å². The minimum Gasteiger partial charge on any atom is -0.393 e. The number of carbonyl (C=O) groups excluding carboxylic acids is 2. The van der Waals surface area contributed by atoms with Crippen molar-refractivity contribution in [3.8, 4) is 0 Å². The lowest BCUT2D eigenvalue weighted by Gasteiger charge is -2.29. The second-order valence-corrected chi connectivity index (χ2v) is 16.8. The number of carbonyl (C=O) groups is 2. The summed E-state index contributed by atoms with van der Waals surface area (Å²) in [6, 6.07) is 14.1. The van der Waals surface area contributed by atoms with E-state index in [1.165, 1.54) is 29.1 Å². The molecule has 7 aromatic rings. The molecule has 0 radical (unpaired) electrons. The summed E-state index contributed by atoms with van der Waals surface area (Å²) in [6.45, 7) is 4.51. The number of nitrogens with one attached hydrogen (secondary N) is 2. The van der Waals surface area contributed by atoms with Crippen LogP contribution in [0, 0.1) is 23.3 Å². The molecule has 0 spiro atoms. The molecule has 66 heavy (non-hydrogen) atoms. The number of tetrazole rings is 1. The van der Waals surface area contributed by atoms with Crippen LogP contribution in [0.1, 0.15) is 88.3 Å². The van der Waals surface area contributed by atoms with E-state index in [-0.39, 0.29) is 36.5 Å². The Morgan fingerprint density at radius 3 is 1.74 bits per heavy atom. The minimum absolute atomic E-state index is 0.173. The van der Waals surface area contributed by atoms with E-state index in [2.05, 4.69) is 46.2 Å². The van der Waals surface area contributed by atoms with Crippen molar-refractivity contribution < 1.29 is 32.3 Å². The average Bonchev–Trinajstić information content (AvgIpc) is 4.18. The van der Waals surface area contributed by atoms with Gasteiger partial charge in [0.15, 0.2) is 5.82 Å². The van der Waals surface area contributed by atoms with Crippen molar-refractivity contribution in [2.75, 3.05) is 49.1 Å². The number of pyridine rings is 2. The summed E-state index contributed by atoms with van der Waals surface area (Å²) in [7, 11) is 1.69. The summed E-state index contributed by atoms with van der Waals surface area (Å²) in [4.78, 5) is 32.0. The molecule has 344 valence electrons. The molecule has 0 saturated carbocycles. The number of hydrogen-bond acceptors (Lipinski definition) is 11. The lowest BCUT2D eigenvalue weighted by atomic mass is 10.0. The van der Waals surface area contributed by atoms with E-state index in [0.29, 0.717) is 58.6 Å². The van der Waals surface area contributed by atoms with Crippen molar-refractivity contribution in [2.45, 2.75) is 63.3 Å². The second kappa shape index (κ2) is 19.3. The van der Waals surface area contributed by atoms with Gasteiger partial charge in [0, 0.05) is 81.2 Å². The van der Waals surface area contributed by atoms with Crippen LogP contribution in [-0.4, -0.2) is 107 Å². The van der Waals surface area contributed by atoms with Crippen LogP contribution >= 0.6 is 0 Å². The van der Waals surface area contributed by atoms with Crippen LogP contribution in [0.5, 0.6) is 0 Å². The van der Waals surface area contributed by atoms with E-state index in [1.54, 1.807) is 34.7 Å². The summed E-state index contributed by atoms with van der Waals surface area (Å²) in [5.41, 5.74) is 4.51. The SMILES string of the molecule is Cn1nnnc1CNC(=O)c1cnn2ccc(N3CCC[C@@H]3c3cc(F)ccc3F)cc12.O=C(NCCN1CCC(O)CC1)c1cnn2ccc(N3CCC[C@@H]3c3cc(F)ccc3F)cc12. The van der Waals surface area contributed by atoms with Gasteiger partial charge in [-0.1, -0.05) is 0 Å². The number of benzene rings is 2. The summed E-state index contributed by atoms with van der Waals surface area (Å²) in [6.07, 6.45) is 11.1. The molecule has 3 saturated heterocycles. The third-order valence-corrected chi connectivity index (χ3v) is 12.7. The van der Waals surface area contributed by atoms with Crippen molar-refractivity contribution in [3.05, 3.63) is 137 Å². The zero-order valence-corrected chi connectivity index (χ0v) is 36.2. The zero-order valence-electron chi connectivity index (χ0n) is 36.2. The first kappa shape index (κ1) is 44.3. The normalized spacial score (nSPS) is 18.0. The number of aromatic nitrogens is 8. The number of likely N-dealkylation sites (tertiary alicyclic amines) is 1. The molecule has 2 atom stereocenters. The van der Waals surface area contributed by atoms with Crippen LogP contribution in [0.4, 0.5) is 28.9 Å². The highest BCUT2D eigenvalue weighted by Gasteiger charge is 2.31. The Morgan fingerprint density at radius 1 is 0.697 bits per heavy atom. The Labute approximate surface area is 376 Å². The van der Waals surface area contributed by atoms with E-state index < -0.39 is 23.3 Å². The molecule has 0 bridgehead atoms. The number of amides is 2.